The minimum Gasteiger partial charge on any atom is -0.353 e. The maximum atomic E-state index is 14.4. The minimum atomic E-state index is -0.316. The van der Waals surface area contributed by atoms with E-state index in [1.807, 2.05) is 0 Å². The largest absolute Gasteiger partial charge is 0.353 e. The van der Waals surface area contributed by atoms with Crippen LogP contribution in [0.4, 0.5) is 0 Å². The van der Waals surface area contributed by atoms with Gasteiger partial charge in [0, 0.05) is 17.4 Å². The maximum Gasteiger partial charge on any atom is 0.226 e. The number of hydrogen-bond acceptors (Lipinski definition) is 2. The van der Waals surface area contributed by atoms with E-state index in [1.54, 1.807) is 0 Å². The van der Waals surface area contributed by atoms with Crippen LogP contribution in [0.25, 0.3) is 0 Å². The molecule has 5 fully saturated rings. The summed E-state index contributed by atoms with van der Waals surface area (Å²) < 4.78 is 0. The highest BCUT2D eigenvalue weighted by atomic mass is 16.2. The van der Waals surface area contributed by atoms with Gasteiger partial charge in [0.05, 0.1) is 0 Å². The quantitative estimate of drug-likeness (QED) is 0.430. The molecule has 0 aromatic rings. The number of carbonyl (C=O) groups excluding carboxylic acids is 2. The van der Waals surface area contributed by atoms with Gasteiger partial charge in [-0.15, -0.1) is 0 Å². The van der Waals surface area contributed by atoms with E-state index in [9.17, 15) is 9.59 Å². The van der Waals surface area contributed by atoms with Crippen LogP contribution in [0.15, 0.2) is 11.6 Å². The highest BCUT2D eigenvalue weighted by Crippen LogP contribution is 2.75. The standard InChI is InChI=1S/C33H51NO2/c1-28(2)12-8-13-31(5)25(28)11-14-33(7)26(31)24(35)19-22-23-20-30(4,27(36)34-21-9-10-21)16-15-29(23,3)17-18-32(22,33)6/h19,21,23,25-26H,8-18,20H2,1-7H3,(H,34,36)/t23-,25?,26-,29-,30?,31+,32-,33-/m1/s1. The summed E-state index contributed by atoms with van der Waals surface area (Å²) in [5.74, 6) is 1.80. The van der Waals surface area contributed by atoms with E-state index in [0.29, 0.717) is 29.1 Å². The Kier molecular flexibility index (Phi) is 5.25. The Balaban J connectivity index is 1.40. The molecule has 6 aliphatic rings. The lowest BCUT2D eigenvalue weighted by atomic mass is 9.33. The fourth-order valence-corrected chi connectivity index (χ4v) is 11.1. The van der Waals surface area contributed by atoms with Gasteiger partial charge in [-0.1, -0.05) is 60.5 Å². The summed E-state index contributed by atoms with van der Waals surface area (Å²) in [4.78, 5) is 27.8. The Hall–Kier alpha value is -1.12. The van der Waals surface area contributed by atoms with Gasteiger partial charge in [0.1, 0.15) is 0 Å². The second-order valence-electron chi connectivity index (χ2n) is 16.3. The van der Waals surface area contributed by atoms with E-state index >= 15 is 0 Å². The van der Waals surface area contributed by atoms with Crippen molar-refractivity contribution in [1.82, 2.24) is 5.32 Å². The highest BCUT2D eigenvalue weighted by Gasteiger charge is 2.69. The molecule has 8 atom stereocenters. The molecule has 1 amide bonds. The van der Waals surface area contributed by atoms with Gasteiger partial charge in [-0.3, -0.25) is 9.59 Å². The van der Waals surface area contributed by atoms with E-state index in [1.165, 1.54) is 50.5 Å². The van der Waals surface area contributed by atoms with Gasteiger partial charge >= 0.3 is 0 Å². The van der Waals surface area contributed by atoms with Crippen molar-refractivity contribution in [2.75, 3.05) is 0 Å². The zero-order valence-electron chi connectivity index (χ0n) is 24.2. The van der Waals surface area contributed by atoms with Crippen LogP contribution in [-0.4, -0.2) is 17.7 Å². The van der Waals surface area contributed by atoms with Crippen LogP contribution in [0, 0.1) is 50.2 Å². The third kappa shape index (κ3) is 3.22. The number of rotatable bonds is 2. The molecule has 1 N–H and O–H groups in total. The van der Waals surface area contributed by atoms with Crippen molar-refractivity contribution in [3.63, 3.8) is 0 Å². The lowest BCUT2D eigenvalue weighted by molar-refractivity contribution is -0.184. The Morgan fingerprint density at radius 3 is 2.25 bits per heavy atom. The molecule has 0 aliphatic heterocycles. The van der Waals surface area contributed by atoms with E-state index < -0.39 is 0 Å². The molecular formula is C33H51NO2. The van der Waals surface area contributed by atoms with Crippen molar-refractivity contribution in [3.05, 3.63) is 11.6 Å². The summed E-state index contributed by atoms with van der Waals surface area (Å²) in [5.41, 5.74) is 1.82. The second-order valence-corrected chi connectivity index (χ2v) is 16.3. The van der Waals surface area contributed by atoms with Crippen LogP contribution in [0.2, 0.25) is 0 Å². The fourth-order valence-electron chi connectivity index (χ4n) is 11.1. The van der Waals surface area contributed by atoms with Crippen LogP contribution in [0.5, 0.6) is 0 Å². The molecule has 0 heterocycles. The van der Waals surface area contributed by atoms with Crippen LogP contribution in [0.3, 0.4) is 0 Å². The molecule has 2 unspecified atom stereocenters. The van der Waals surface area contributed by atoms with Crippen LogP contribution >= 0.6 is 0 Å². The summed E-state index contributed by atoms with van der Waals surface area (Å²) in [6.45, 7) is 17.2. The molecule has 3 heteroatoms. The predicted octanol–water partition coefficient (Wildman–Crippen LogP) is 7.64. The number of carbonyl (C=O) groups is 2. The van der Waals surface area contributed by atoms with Gasteiger partial charge < -0.3 is 5.32 Å². The van der Waals surface area contributed by atoms with Gasteiger partial charge in [-0.25, -0.2) is 0 Å². The van der Waals surface area contributed by atoms with Crippen molar-refractivity contribution in [3.8, 4) is 0 Å². The Morgan fingerprint density at radius 2 is 1.56 bits per heavy atom. The number of allylic oxidation sites excluding steroid dienone is 2. The van der Waals surface area contributed by atoms with Crippen molar-refractivity contribution in [1.29, 1.82) is 0 Å². The van der Waals surface area contributed by atoms with E-state index in [2.05, 4.69) is 59.9 Å². The lowest BCUT2D eigenvalue weighted by Gasteiger charge is -2.70. The first-order valence-electron chi connectivity index (χ1n) is 15.3. The van der Waals surface area contributed by atoms with Crippen molar-refractivity contribution < 1.29 is 9.59 Å². The summed E-state index contributed by atoms with van der Waals surface area (Å²) in [6, 6.07) is 0.407. The Labute approximate surface area is 220 Å². The smallest absolute Gasteiger partial charge is 0.226 e. The van der Waals surface area contributed by atoms with Gasteiger partial charge in [-0.05, 0) is 116 Å². The van der Waals surface area contributed by atoms with Gasteiger partial charge in [0.25, 0.3) is 0 Å². The first kappa shape index (κ1) is 25.2. The molecule has 0 radical (unpaired) electrons. The molecule has 5 saturated carbocycles. The number of hydrogen-bond donors (Lipinski definition) is 1. The number of fused-ring (bicyclic) bond motifs is 7. The number of ketones is 1. The zero-order valence-corrected chi connectivity index (χ0v) is 24.2. The molecule has 0 bridgehead atoms. The third-order valence-corrected chi connectivity index (χ3v) is 13.8. The molecule has 0 spiro atoms. The summed E-state index contributed by atoms with van der Waals surface area (Å²) in [5, 5.41) is 3.33. The normalized spacial score (nSPS) is 51.7. The zero-order chi connectivity index (χ0) is 25.9. The fraction of sp³-hybridized carbons (Fsp3) is 0.879. The Morgan fingerprint density at radius 1 is 0.861 bits per heavy atom. The molecule has 6 rings (SSSR count). The highest BCUT2D eigenvalue weighted by molar-refractivity contribution is 5.95. The topological polar surface area (TPSA) is 46.2 Å². The first-order valence-corrected chi connectivity index (χ1v) is 15.3. The van der Waals surface area contributed by atoms with Gasteiger partial charge in [0.2, 0.25) is 5.91 Å². The lowest BCUT2D eigenvalue weighted by Crippen LogP contribution is -2.65. The SMILES string of the molecule is CC1(C(=O)NC2CC2)CC[C@]2(C)CC[C@]3(C)C(=CC(=O)[C@@H]4[C@@]5(C)CCCC(C)(C)C5CC[C@]43C)[C@H]2C1. The van der Waals surface area contributed by atoms with Crippen LogP contribution in [0.1, 0.15) is 126 Å². The molecular weight excluding hydrogens is 442 g/mol. The van der Waals surface area contributed by atoms with Crippen LogP contribution < -0.4 is 5.32 Å². The molecule has 200 valence electrons. The second kappa shape index (κ2) is 7.50. The van der Waals surface area contributed by atoms with Crippen molar-refractivity contribution in [2.45, 2.75) is 132 Å². The van der Waals surface area contributed by atoms with Gasteiger partial charge in [0.15, 0.2) is 5.78 Å². The molecule has 36 heavy (non-hydrogen) atoms. The molecule has 0 aromatic heterocycles. The van der Waals surface area contributed by atoms with E-state index in [-0.39, 0.29) is 38.9 Å². The molecule has 0 aromatic carbocycles. The summed E-state index contributed by atoms with van der Waals surface area (Å²) >= 11 is 0. The summed E-state index contributed by atoms with van der Waals surface area (Å²) in [7, 11) is 0. The molecule has 0 saturated heterocycles. The number of nitrogens with one attached hydrogen (secondary N) is 1. The van der Waals surface area contributed by atoms with Crippen LogP contribution in [-0.2, 0) is 9.59 Å². The van der Waals surface area contributed by atoms with Crippen molar-refractivity contribution >= 4 is 11.7 Å². The molecule has 6 aliphatic carbocycles. The third-order valence-electron chi connectivity index (χ3n) is 13.8. The Bertz CT molecular complexity index is 1020. The monoisotopic (exact) mass is 493 g/mol. The van der Waals surface area contributed by atoms with Gasteiger partial charge in [-0.2, -0.15) is 0 Å². The minimum absolute atomic E-state index is 0.0122. The first-order chi connectivity index (χ1) is 16.7. The number of amides is 1. The van der Waals surface area contributed by atoms with E-state index in [4.69, 9.17) is 0 Å². The van der Waals surface area contributed by atoms with E-state index in [0.717, 1.165) is 32.1 Å². The van der Waals surface area contributed by atoms with Crippen molar-refractivity contribution in [2.24, 2.45) is 50.2 Å². The average Bonchev–Trinajstić information content (AvgIpc) is 3.59. The predicted molar refractivity (Wildman–Crippen MR) is 145 cm³/mol. The maximum absolute atomic E-state index is 14.4. The average molecular weight is 494 g/mol. The summed E-state index contributed by atoms with van der Waals surface area (Å²) in [6.07, 6.45) is 16.0. The molecule has 3 nitrogen and oxygen atoms in total.